The molecule has 7 heteroatoms. The number of piperazine rings is 1. The largest absolute Gasteiger partial charge is 0.462 e. The predicted octanol–water partition coefficient (Wildman–Crippen LogP) is 4.36. The first kappa shape index (κ1) is 19.9. The van der Waals surface area contributed by atoms with Crippen molar-refractivity contribution in [3.05, 3.63) is 52.5 Å². The van der Waals surface area contributed by atoms with Gasteiger partial charge < -0.3 is 13.9 Å². The third kappa shape index (κ3) is 4.02. The molecule has 4 rings (SSSR count). The molecular weight excluding hydrogens is 384 g/mol. The lowest BCUT2D eigenvalue weighted by atomic mass is 10.2. The summed E-state index contributed by atoms with van der Waals surface area (Å²) in [5.74, 6) is 0.967. The van der Waals surface area contributed by atoms with Gasteiger partial charge in [0.15, 0.2) is 10.8 Å². The maximum atomic E-state index is 13.1. The molecule has 0 radical (unpaired) electrons. The van der Waals surface area contributed by atoms with Crippen LogP contribution in [0.1, 0.15) is 47.3 Å². The highest BCUT2D eigenvalue weighted by Gasteiger charge is 2.26. The van der Waals surface area contributed by atoms with Crippen molar-refractivity contribution >= 4 is 17.2 Å². The molecule has 0 unspecified atom stereocenters. The fourth-order valence-electron chi connectivity index (χ4n) is 4.19. The van der Waals surface area contributed by atoms with E-state index in [1.165, 1.54) is 0 Å². The first-order valence-corrected chi connectivity index (χ1v) is 11.0. The minimum atomic E-state index is 0.151. The standard InChI is InChI=1S/C22H28N4O2S/c1-15(2)26-16(3)12-19(17(26)4)22(27)25-9-7-24(8-10-25)13-18-14-29-21(23-18)20-6-5-11-28-20/h5-6,11-12,14-15H,7-10,13H2,1-4H3. The molecule has 154 valence electrons. The van der Waals surface area contributed by atoms with Gasteiger partial charge in [-0.2, -0.15) is 0 Å². The van der Waals surface area contributed by atoms with Gasteiger partial charge >= 0.3 is 0 Å². The Morgan fingerprint density at radius 2 is 2.00 bits per heavy atom. The van der Waals surface area contributed by atoms with Gasteiger partial charge in [-0.25, -0.2) is 4.98 Å². The number of thiazole rings is 1. The van der Waals surface area contributed by atoms with Crippen LogP contribution in [0.2, 0.25) is 0 Å². The summed E-state index contributed by atoms with van der Waals surface area (Å²) in [6.45, 7) is 12.5. The summed E-state index contributed by atoms with van der Waals surface area (Å²) in [6, 6.07) is 6.21. The number of nitrogens with zero attached hydrogens (tertiary/aromatic N) is 4. The molecule has 1 saturated heterocycles. The summed E-state index contributed by atoms with van der Waals surface area (Å²) in [5.41, 5.74) is 4.11. The lowest BCUT2D eigenvalue weighted by Gasteiger charge is -2.34. The normalized spacial score (nSPS) is 15.4. The maximum Gasteiger partial charge on any atom is 0.255 e. The number of hydrogen-bond acceptors (Lipinski definition) is 5. The summed E-state index contributed by atoms with van der Waals surface area (Å²) in [6.07, 6.45) is 1.67. The highest BCUT2D eigenvalue weighted by molar-refractivity contribution is 7.13. The van der Waals surface area contributed by atoms with Gasteiger partial charge in [0.1, 0.15) is 0 Å². The molecule has 0 bridgehead atoms. The molecule has 0 N–H and O–H groups in total. The molecule has 29 heavy (non-hydrogen) atoms. The summed E-state index contributed by atoms with van der Waals surface area (Å²) < 4.78 is 7.67. The Kier molecular flexibility index (Phi) is 5.61. The Bertz CT molecular complexity index is 979. The summed E-state index contributed by atoms with van der Waals surface area (Å²) >= 11 is 1.61. The molecule has 1 fully saturated rings. The van der Waals surface area contributed by atoms with E-state index < -0.39 is 0 Å². The molecule has 0 aliphatic carbocycles. The van der Waals surface area contributed by atoms with Crippen molar-refractivity contribution < 1.29 is 9.21 Å². The van der Waals surface area contributed by atoms with E-state index in [0.29, 0.717) is 6.04 Å². The molecular formula is C22H28N4O2S. The third-order valence-corrected chi connectivity index (χ3v) is 6.47. The Hall–Kier alpha value is -2.38. The second-order valence-electron chi connectivity index (χ2n) is 7.94. The van der Waals surface area contributed by atoms with E-state index in [4.69, 9.17) is 4.42 Å². The number of carbonyl (C=O) groups excluding carboxylic acids is 1. The van der Waals surface area contributed by atoms with Gasteiger partial charge in [0, 0.05) is 55.5 Å². The Morgan fingerprint density at radius 3 is 2.62 bits per heavy atom. The first-order chi connectivity index (χ1) is 13.9. The van der Waals surface area contributed by atoms with E-state index in [9.17, 15) is 4.79 Å². The number of furan rings is 1. The number of aryl methyl sites for hydroxylation is 1. The van der Waals surface area contributed by atoms with E-state index in [1.54, 1.807) is 17.6 Å². The van der Waals surface area contributed by atoms with Crippen LogP contribution in [-0.4, -0.2) is 51.4 Å². The van der Waals surface area contributed by atoms with E-state index in [-0.39, 0.29) is 5.91 Å². The van der Waals surface area contributed by atoms with E-state index in [1.807, 2.05) is 23.1 Å². The molecule has 1 amide bonds. The van der Waals surface area contributed by atoms with Crippen molar-refractivity contribution in [2.24, 2.45) is 0 Å². The van der Waals surface area contributed by atoms with Crippen molar-refractivity contribution in [2.45, 2.75) is 40.3 Å². The number of rotatable bonds is 5. The zero-order valence-electron chi connectivity index (χ0n) is 17.5. The highest BCUT2D eigenvalue weighted by atomic mass is 32.1. The van der Waals surface area contributed by atoms with E-state index in [2.05, 4.69) is 47.5 Å². The van der Waals surface area contributed by atoms with Crippen LogP contribution < -0.4 is 0 Å². The molecule has 3 aromatic rings. The van der Waals surface area contributed by atoms with Crippen LogP contribution in [0.4, 0.5) is 0 Å². The summed E-state index contributed by atoms with van der Waals surface area (Å²) in [4.78, 5) is 22.1. The van der Waals surface area contributed by atoms with Gasteiger partial charge in [0.05, 0.1) is 17.5 Å². The molecule has 0 saturated carbocycles. The van der Waals surface area contributed by atoms with Gasteiger partial charge in [-0.1, -0.05) is 0 Å². The number of carbonyl (C=O) groups is 1. The van der Waals surface area contributed by atoms with Crippen molar-refractivity contribution in [3.63, 3.8) is 0 Å². The Labute approximate surface area is 175 Å². The average molecular weight is 413 g/mol. The minimum Gasteiger partial charge on any atom is -0.462 e. The quantitative estimate of drug-likeness (QED) is 0.625. The topological polar surface area (TPSA) is 54.5 Å². The van der Waals surface area contributed by atoms with Crippen LogP contribution in [0.15, 0.2) is 34.3 Å². The van der Waals surface area contributed by atoms with Gasteiger partial charge in [-0.15, -0.1) is 11.3 Å². The molecule has 0 aromatic carbocycles. The monoisotopic (exact) mass is 412 g/mol. The third-order valence-electron chi connectivity index (χ3n) is 5.56. The molecule has 3 aromatic heterocycles. The van der Waals surface area contributed by atoms with Crippen LogP contribution in [-0.2, 0) is 6.54 Å². The number of amides is 1. The van der Waals surface area contributed by atoms with E-state index in [0.717, 1.165) is 66.1 Å². The molecule has 4 heterocycles. The SMILES string of the molecule is Cc1cc(C(=O)N2CCN(Cc3csc(-c4ccco4)n3)CC2)c(C)n1C(C)C. The molecule has 1 aliphatic heterocycles. The maximum absolute atomic E-state index is 13.1. The van der Waals surface area contributed by atoms with Crippen molar-refractivity contribution in [2.75, 3.05) is 26.2 Å². The van der Waals surface area contributed by atoms with Crippen LogP contribution in [0.25, 0.3) is 10.8 Å². The van der Waals surface area contributed by atoms with Crippen molar-refractivity contribution in [3.8, 4) is 10.8 Å². The smallest absolute Gasteiger partial charge is 0.255 e. The summed E-state index contributed by atoms with van der Waals surface area (Å²) in [5, 5.41) is 3.01. The van der Waals surface area contributed by atoms with Gasteiger partial charge in [0.2, 0.25) is 0 Å². The Morgan fingerprint density at radius 1 is 1.24 bits per heavy atom. The highest BCUT2D eigenvalue weighted by Crippen LogP contribution is 2.25. The van der Waals surface area contributed by atoms with Gasteiger partial charge in [-0.05, 0) is 45.9 Å². The lowest BCUT2D eigenvalue weighted by molar-refractivity contribution is 0.0626. The predicted molar refractivity (Wildman–Crippen MR) is 115 cm³/mol. The van der Waals surface area contributed by atoms with Gasteiger partial charge in [0.25, 0.3) is 5.91 Å². The number of aromatic nitrogens is 2. The summed E-state index contributed by atoms with van der Waals surface area (Å²) in [7, 11) is 0. The van der Waals surface area contributed by atoms with Crippen LogP contribution in [0.5, 0.6) is 0 Å². The average Bonchev–Trinajstić information content (AvgIpc) is 3.42. The lowest BCUT2D eigenvalue weighted by Crippen LogP contribution is -2.48. The van der Waals surface area contributed by atoms with E-state index >= 15 is 0 Å². The van der Waals surface area contributed by atoms with Crippen LogP contribution in [0, 0.1) is 13.8 Å². The molecule has 0 spiro atoms. The molecule has 1 aliphatic rings. The first-order valence-electron chi connectivity index (χ1n) is 10.1. The van der Waals surface area contributed by atoms with Crippen LogP contribution >= 0.6 is 11.3 Å². The van der Waals surface area contributed by atoms with Crippen LogP contribution in [0.3, 0.4) is 0 Å². The van der Waals surface area contributed by atoms with Gasteiger partial charge in [-0.3, -0.25) is 9.69 Å². The Balaban J connectivity index is 1.36. The minimum absolute atomic E-state index is 0.151. The molecule has 0 atom stereocenters. The van der Waals surface area contributed by atoms with Crippen molar-refractivity contribution in [1.29, 1.82) is 0 Å². The molecule has 6 nitrogen and oxygen atoms in total. The van der Waals surface area contributed by atoms with Crippen molar-refractivity contribution in [1.82, 2.24) is 19.4 Å². The fourth-order valence-corrected chi connectivity index (χ4v) is 4.97. The fraction of sp³-hybridized carbons (Fsp3) is 0.455. The number of hydrogen-bond donors (Lipinski definition) is 0. The zero-order chi connectivity index (χ0) is 20.5. The zero-order valence-corrected chi connectivity index (χ0v) is 18.3. The second kappa shape index (κ2) is 8.16. The second-order valence-corrected chi connectivity index (χ2v) is 8.80.